The maximum Gasteiger partial charge on any atom is 0.241 e. The lowest BCUT2D eigenvalue weighted by Gasteiger charge is -2.34. The van der Waals surface area contributed by atoms with E-state index in [1.807, 2.05) is 39.5 Å². The second kappa shape index (κ2) is 11.3. The highest BCUT2D eigenvalue weighted by molar-refractivity contribution is 7.89. The van der Waals surface area contributed by atoms with E-state index in [9.17, 15) is 13.2 Å². The molecule has 3 rings (SSSR count). The minimum absolute atomic E-state index is 0.0361. The topological polar surface area (TPSA) is 79.0 Å². The summed E-state index contributed by atoms with van der Waals surface area (Å²) in [6.45, 7) is 16.2. The van der Waals surface area contributed by atoms with E-state index < -0.39 is 10.0 Å². The third-order valence-corrected chi connectivity index (χ3v) is 9.49. The zero-order chi connectivity index (χ0) is 24.2. The monoisotopic (exact) mass is 479 g/mol. The van der Waals surface area contributed by atoms with Crippen molar-refractivity contribution in [3.63, 3.8) is 0 Å². The number of benzene rings is 1. The van der Waals surface area contributed by atoms with E-state index in [0.29, 0.717) is 10.8 Å². The number of hydrogen-bond acceptors (Lipinski definition) is 5. The average molecular weight is 480 g/mol. The molecule has 186 valence electrons. The number of carbonyl (C=O) groups excluding carboxylic acids is 1. The fourth-order valence-electron chi connectivity index (χ4n) is 5.05. The molecule has 2 aliphatic rings. The second-order valence-electron chi connectivity index (χ2n) is 9.67. The van der Waals surface area contributed by atoms with E-state index in [0.717, 1.165) is 86.6 Å². The number of nitrogens with one attached hydrogen (secondary N) is 1. The molecule has 0 atom stereocenters. The van der Waals surface area contributed by atoms with Gasteiger partial charge in [0.2, 0.25) is 15.9 Å². The maximum atomic E-state index is 13.0. The van der Waals surface area contributed by atoms with Crippen molar-refractivity contribution in [3.8, 4) is 0 Å². The summed E-state index contributed by atoms with van der Waals surface area (Å²) >= 11 is 0. The summed E-state index contributed by atoms with van der Waals surface area (Å²) in [5.74, 6) is 0.698. The molecular formula is C25H41N3O4S. The van der Waals surface area contributed by atoms with Gasteiger partial charge in [0.05, 0.1) is 18.1 Å². The number of hydrogen-bond donors (Lipinski definition) is 1. The number of morpholine rings is 1. The number of nitrogens with zero attached hydrogens (tertiary/aromatic N) is 2. The normalized spacial score (nSPS) is 18.6. The Labute approximate surface area is 199 Å². The smallest absolute Gasteiger partial charge is 0.241 e. The first-order valence-electron chi connectivity index (χ1n) is 12.3. The molecule has 2 saturated heterocycles. The van der Waals surface area contributed by atoms with Crippen molar-refractivity contribution in [1.29, 1.82) is 0 Å². The third-order valence-electron chi connectivity index (χ3n) is 7.76. The molecule has 1 aromatic carbocycles. The fourth-order valence-corrected chi connectivity index (χ4v) is 6.68. The van der Waals surface area contributed by atoms with Gasteiger partial charge in [0.1, 0.15) is 0 Å². The number of rotatable bonds is 8. The van der Waals surface area contributed by atoms with Crippen molar-refractivity contribution < 1.29 is 17.9 Å². The van der Waals surface area contributed by atoms with Crippen LogP contribution in [-0.2, 0) is 19.6 Å². The highest BCUT2D eigenvalue weighted by Crippen LogP contribution is 2.29. The van der Waals surface area contributed by atoms with Gasteiger partial charge in [-0.05, 0) is 94.2 Å². The summed E-state index contributed by atoms with van der Waals surface area (Å²) in [6, 6.07) is 0. The Morgan fingerprint density at radius 1 is 0.909 bits per heavy atom. The van der Waals surface area contributed by atoms with Crippen molar-refractivity contribution in [2.75, 3.05) is 52.5 Å². The molecule has 0 spiro atoms. The number of piperidine rings is 1. The largest absolute Gasteiger partial charge is 0.379 e. The lowest BCUT2D eigenvalue weighted by molar-refractivity contribution is -0.132. The van der Waals surface area contributed by atoms with Gasteiger partial charge in [-0.2, -0.15) is 0 Å². The highest BCUT2D eigenvalue weighted by atomic mass is 32.2. The van der Waals surface area contributed by atoms with Gasteiger partial charge in [-0.1, -0.05) is 0 Å². The maximum absolute atomic E-state index is 13.0. The zero-order valence-electron chi connectivity index (χ0n) is 21.0. The summed E-state index contributed by atoms with van der Waals surface area (Å²) < 4.78 is 34.2. The lowest BCUT2D eigenvalue weighted by Crippen LogP contribution is -2.41. The Hall–Kier alpha value is -1.48. The van der Waals surface area contributed by atoms with Crippen LogP contribution < -0.4 is 4.72 Å². The van der Waals surface area contributed by atoms with Crippen LogP contribution in [0.1, 0.15) is 53.5 Å². The average Bonchev–Trinajstić information content (AvgIpc) is 2.81. The van der Waals surface area contributed by atoms with Crippen molar-refractivity contribution in [3.05, 3.63) is 27.8 Å². The molecule has 0 bridgehead atoms. The summed E-state index contributed by atoms with van der Waals surface area (Å²) in [6.07, 6.45) is 3.43. The standard InChI is InChI=1S/C25H41N3O4S/c1-18-19(2)21(4)25(22(5)20(18)3)33(30,31)26-10-6-24(29)28-12-8-23(9-13-28)7-11-27-14-16-32-17-15-27/h23,26H,6-17H2,1-5H3. The molecule has 0 saturated carbocycles. The van der Waals surface area contributed by atoms with Crippen LogP contribution in [0, 0.1) is 40.5 Å². The Bertz CT molecular complexity index is 918. The molecule has 1 N–H and O–H groups in total. The number of ether oxygens (including phenoxy) is 1. The summed E-state index contributed by atoms with van der Waals surface area (Å²) in [5.41, 5.74) is 4.71. The van der Waals surface area contributed by atoms with Gasteiger partial charge in [0.25, 0.3) is 0 Å². The van der Waals surface area contributed by atoms with E-state index in [2.05, 4.69) is 9.62 Å². The Morgan fingerprint density at radius 3 is 2.03 bits per heavy atom. The molecule has 8 heteroatoms. The van der Waals surface area contributed by atoms with Crippen molar-refractivity contribution in [2.45, 2.75) is 65.2 Å². The highest BCUT2D eigenvalue weighted by Gasteiger charge is 2.26. The minimum Gasteiger partial charge on any atom is -0.379 e. The zero-order valence-corrected chi connectivity index (χ0v) is 21.8. The van der Waals surface area contributed by atoms with E-state index in [-0.39, 0.29) is 18.9 Å². The number of likely N-dealkylation sites (tertiary alicyclic amines) is 1. The molecule has 0 unspecified atom stereocenters. The fraction of sp³-hybridized carbons (Fsp3) is 0.720. The first kappa shape index (κ1) is 26.1. The van der Waals surface area contributed by atoms with Gasteiger partial charge in [0, 0.05) is 39.1 Å². The van der Waals surface area contributed by atoms with Crippen molar-refractivity contribution in [1.82, 2.24) is 14.5 Å². The van der Waals surface area contributed by atoms with Gasteiger partial charge in [-0.25, -0.2) is 13.1 Å². The van der Waals surface area contributed by atoms with Gasteiger partial charge in [-0.3, -0.25) is 9.69 Å². The van der Waals surface area contributed by atoms with E-state index >= 15 is 0 Å². The molecule has 2 fully saturated rings. The van der Waals surface area contributed by atoms with Crippen LogP contribution in [0.15, 0.2) is 4.90 Å². The van der Waals surface area contributed by atoms with Crippen molar-refractivity contribution in [2.24, 2.45) is 5.92 Å². The second-order valence-corrected chi connectivity index (χ2v) is 11.4. The Balaban J connectivity index is 1.46. The number of amides is 1. The quantitative estimate of drug-likeness (QED) is 0.620. The van der Waals surface area contributed by atoms with Gasteiger partial charge >= 0.3 is 0 Å². The molecule has 0 aromatic heterocycles. The summed E-state index contributed by atoms with van der Waals surface area (Å²) in [7, 11) is -3.67. The molecule has 0 radical (unpaired) electrons. The van der Waals surface area contributed by atoms with Crippen LogP contribution in [0.5, 0.6) is 0 Å². The molecule has 2 heterocycles. The van der Waals surface area contributed by atoms with Crippen LogP contribution >= 0.6 is 0 Å². The molecule has 1 aromatic rings. The first-order chi connectivity index (χ1) is 15.6. The predicted molar refractivity (Wildman–Crippen MR) is 131 cm³/mol. The van der Waals surface area contributed by atoms with Gasteiger partial charge < -0.3 is 9.64 Å². The van der Waals surface area contributed by atoms with Gasteiger partial charge in [-0.15, -0.1) is 0 Å². The van der Waals surface area contributed by atoms with Crippen molar-refractivity contribution >= 4 is 15.9 Å². The van der Waals surface area contributed by atoms with Gasteiger partial charge in [0.15, 0.2) is 0 Å². The Kier molecular flexibility index (Phi) is 8.95. The number of sulfonamides is 1. The molecule has 33 heavy (non-hydrogen) atoms. The van der Waals surface area contributed by atoms with E-state index in [1.54, 1.807) is 0 Å². The lowest BCUT2D eigenvalue weighted by atomic mass is 9.93. The van der Waals surface area contributed by atoms with Crippen LogP contribution in [0.25, 0.3) is 0 Å². The molecule has 1 amide bonds. The molecule has 0 aliphatic carbocycles. The predicted octanol–water partition coefficient (Wildman–Crippen LogP) is 2.86. The molecule has 2 aliphatic heterocycles. The minimum atomic E-state index is -3.67. The third kappa shape index (κ3) is 6.35. The molecular weight excluding hydrogens is 438 g/mol. The van der Waals surface area contributed by atoms with Crippen LogP contribution in [0.4, 0.5) is 0 Å². The van der Waals surface area contributed by atoms with Crippen LogP contribution in [0.3, 0.4) is 0 Å². The van der Waals surface area contributed by atoms with Crippen LogP contribution in [0.2, 0.25) is 0 Å². The number of carbonyl (C=O) groups is 1. The van der Waals surface area contributed by atoms with Crippen LogP contribution in [-0.4, -0.2) is 76.6 Å². The molecule has 7 nitrogen and oxygen atoms in total. The SMILES string of the molecule is Cc1c(C)c(C)c(S(=O)(=O)NCCC(=O)N2CCC(CCN3CCOCC3)CC2)c(C)c1C. The Morgan fingerprint density at radius 2 is 1.45 bits per heavy atom. The summed E-state index contributed by atoms with van der Waals surface area (Å²) in [4.78, 5) is 17.4. The summed E-state index contributed by atoms with van der Waals surface area (Å²) in [5, 5.41) is 0. The van der Waals surface area contributed by atoms with E-state index in [4.69, 9.17) is 4.74 Å². The van der Waals surface area contributed by atoms with E-state index in [1.165, 1.54) is 6.42 Å². The first-order valence-corrected chi connectivity index (χ1v) is 13.7.